The quantitative estimate of drug-likeness (QED) is 0.632. The van der Waals surface area contributed by atoms with Gasteiger partial charge in [-0.3, -0.25) is 9.20 Å². The van der Waals surface area contributed by atoms with Crippen molar-refractivity contribution in [2.24, 2.45) is 0 Å². The average molecular weight is 303 g/mol. The van der Waals surface area contributed by atoms with Crippen LogP contribution in [0.25, 0.3) is 15.3 Å². The Morgan fingerprint density at radius 3 is 3.30 bits per heavy atom. The number of rotatable bonds is 3. The SMILES string of the molecule is O=C(NCc1ccco1)c1cc2c(nc3sccn32)s1. The number of nitrogens with one attached hydrogen (secondary N) is 1. The molecule has 0 atom stereocenters. The first-order valence-electron chi connectivity index (χ1n) is 5.97. The number of nitrogens with zero attached hydrogens (tertiary/aromatic N) is 2. The van der Waals surface area contributed by atoms with Crippen LogP contribution in [0.2, 0.25) is 0 Å². The Hall–Kier alpha value is -2.12. The third-order valence-electron chi connectivity index (χ3n) is 2.97. The Labute approximate surface area is 121 Å². The molecule has 0 aliphatic carbocycles. The van der Waals surface area contributed by atoms with E-state index in [4.69, 9.17) is 4.42 Å². The fourth-order valence-electron chi connectivity index (χ4n) is 2.03. The van der Waals surface area contributed by atoms with E-state index in [0.717, 1.165) is 21.1 Å². The summed E-state index contributed by atoms with van der Waals surface area (Å²) in [6, 6.07) is 5.51. The Morgan fingerprint density at radius 1 is 1.50 bits per heavy atom. The van der Waals surface area contributed by atoms with Crippen LogP contribution in [0.1, 0.15) is 15.4 Å². The molecule has 0 aromatic carbocycles. The lowest BCUT2D eigenvalue weighted by Gasteiger charge is -1.99. The summed E-state index contributed by atoms with van der Waals surface area (Å²) in [6.07, 6.45) is 3.56. The zero-order valence-corrected chi connectivity index (χ0v) is 11.8. The number of thiophene rings is 1. The average Bonchev–Trinajstić information content (AvgIpc) is 3.17. The second kappa shape index (κ2) is 4.46. The van der Waals surface area contributed by atoms with Crippen LogP contribution >= 0.6 is 22.7 Å². The van der Waals surface area contributed by atoms with E-state index in [1.165, 1.54) is 11.3 Å². The minimum absolute atomic E-state index is 0.103. The van der Waals surface area contributed by atoms with Crippen molar-refractivity contribution in [2.75, 3.05) is 0 Å². The van der Waals surface area contributed by atoms with Crippen LogP contribution in [0.5, 0.6) is 0 Å². The van der Waals surface area contributed by atoms with Crippen LogP contribution in [0.15, 0.2) is 40.5 Å². The normalized spacial score (nSPS) is 11.4. The maximum absolute atomic E-state index is 12.1. The van der Waals surface area contributed by atoms with E-state index in [0.29, 0.717) is 11.4 Å². The van der Waals surface area contributed by atoms with Gasteiger partial charge in [0.25, 0.3) is 5.91 Å². The van der Waals surface area contributed by atoms with E-state index in [2.05, 4.69) is 10.3 Å². The molecule has 0 saturated carbocycles. The number of amides is 1. The van der Waals surface area contributed by atoms with E-state index in [9.17, 15) is 4.79 Å². The fourth-order valence-corrected chi connectivity index (χ4v) is 3.74. The molecule has 0 bridgehead atoms. The molecule has 7 heteroatoms. The van der Waals surface area contributed by atoms with Crippen LogP contribution in [-0.4, -0.2) is 15.3 Å². The van der Waals surface area contributed by atoms with Crippen LogP contribution in [0, 0.1) is 0 Å². The van der Waals surface area contributed by atoms with Gasteiger partial charge < -0.3 is 9.73 Å². The van der Waals surface area contributed by atoms with Crippen molar-refractivity contribution in [3.05, 3.63) is 46.7 Å². The lowest BCUT2D eigenvalue weighted by atomic mass is 10.4. The first-order chi connectivity index (χ1) is 9.81. The van der Waals surface area contributed by atoms with Gasteiger partial charge >= 0.3 is 0 Å². The molecule has 4 rings (SSSR count). The van der Waals surface area contributed by atoms with Gasteiger partial charge in [0.05, 0.1) is 23.2 Å². The summed E-state index contributed by atoms with van der Waals surface area (Å²) in [5, 5.41) is 4.82. The zero-order valence-electron chi connectivity index (χ0n) is 10.2. The minimum atomic E-state index is -0.103. The Morgan fingerprint density at radius 2 is 2.45 bits per heavy atom. The van der Waals surface area contributed by atoms with Gasteiger partial charge in [-0.25, -0.2) is 4.98 Å². The third kappa shape index (κ3) is 1.83. The number of carbonyl (C=O) groups excluding carboxylic acids is 1. The molecule has 1 N–H and O–H groups in total. The highest BCUT2D eigenvalue weighted by Gasteiger charge is 2.14. The molecule has 20 heavy (non-hydrogen) atoms. The third-order valence-corrected chi connectivity index (χ3v) is 4.74. The van der Waals surface area contributed by atoms with Gasteiger partial charge in [0.2, 0.25) is 0 Å². The maximum Gasteiger partial charge on any atom is 0.261 e. The molecule has 0 fully saturated rings. The molecule has 0 saturated heterocycles. The zero-order chi connectivity index (χ0) is 13.5. The number of thiazole rings is 1. The monoisotopic (exact) mass is 303 g/mol. The Bertz CT molecular complexity index is 885. The summed E-state index contributed by atoms with van der Waals surface area (Å²) in [5.41, 5.74) is 0.981. The van der Waals surface area contributed by atoms with Gasteiger partial charge in [-0.1, -0.05) is 0 Å². The maximum atomic E-state index is 12.1. The minimum Gasteiger partial charge on any atom is -0.467 e. The molecule has 0 spiro atoms. The number of aromatic nitrogens is 2. The van der Waals surface area contributed by atoms with Crippen molar-refractivity contribution in [3.8, 4) is 0 Å². The van der Waals surface area contributed by atoms with Crippen molar-refractivity contribution in [1.82, 2.24) is 14.7 Å². The molecule has 4 aromatic heterocycles. The molecule has 5 nitrogen and oxygen atoms in total. The summed E-state index contributed by atoms with van der Waals surface area (Å²) in [6.45, 7) is 0.391. The first-order valence-corrected chi connectivity index (χ1v) is 7.66. The summed E-state index contributed by atoms with van der Waals surface area (Å²) in [7, 11) is 0. The predicted molar refractivity (Wildman–Crippen MR) is 78.3 cm³/mol. The van der Waals surface area contributed by atoms with Crippen molar-refractivity contribution in [1.29, 1.82) is 0 Å². The van der Waals surface area contributed by atoms with Gasteiger partial charge in [0, 0.05) is 11.6 Å². The van der Waals surface area contributed by atoms with Crippen LogP contribution in [0.4, 0.5) is 0 Å². The van der Waals surface area contributed by atoms with E-state index in [1.54, 1.807) is 23.7 Å². The number of hydrogen-bond acceptors (Lipinski definition) is 5. The second-order valence-corrected chi connectivity index (χ2v) is 6.13. The van der Waals surface area contributed by atoms with Gasteiger partial charge in [-0.2, -0.15) is 0 Å². The largest absolute Gasteiger partial charge is 0.467 e. The van der Waals surface area contributed by atoms with Crippen LogP contribution < -0.4 is 5.32 Å². The van der Waals surface area contributed by atoms with E-state index >= 15 is 0 Å². The number of fused-ring (bicyclic) bond motifs is 3. The fraction of sp³-hybridized carbons (Fsp3) is 0.0769. The summed E-state index contributed by atoms with van der Waals surface area (Å²) in [4.78, 5) is 19.1. The molecule has 1 amide bonds. The molecular weight excluding hydrogens is 294 g/mol. The number of imidazole rings is 1. The molecular formula is C13H9N3O2S2. The molecule has 4 heterocycles. The van der Waals surface area contributed by atoms with Gasteiger partial charge in [-0.15, -0.1) is 22.7 Å². The van der Waals surface area contributed by atoms with Crippen LogP contribution in [-0.2, 0) is 6.54 Å². The smallest absolute Gasteiger partial charge is 0.261 e. The highest BCUT2D eigenvalue weighted by Crippen LogP contribution is 2.28. The molecule has 0 aliphatic rings. The van der Waals surface area contributed by atoms with E-state index < -0.39 is 0 Å². The predicted octanol–water partition coefficient (Wildman–Crippen LogP) is 3.13. The van der Waals surface area contributed by atoms with Gasteiger partial charge in [0.1, 0.15) is 10.6 Å². The highest BCUT2D eigenvalue weighted by atomic mass is 32.1. The Kier molecular flexibility index (Phi) is 2.61. The van der Waals surface area contributed by atoms with Crippen LogP contribution in [0.3, 0.4) is 0 Å². The topological polar surface area (TPSA) is 59.5 Å². The lowest BCUT2D eigenvalue weighted by molar-refractivity contribution is 0.0952. The number of hydrogen-bond donors (Lipinski definition) is 1. The van der Waals surface area contributed by atoms with Crippen molar-refractivity contribution < 1.29 is 9.21 Å². The van der Waals surface area contributed by atoms with E-state index in [1.807, 2.05) is 28.1 Å². The van der Waals surface area contributed by atoms with Crippen molar-refractivity contribution >= 4 is 43.9 Å². The lowest BCUT2D eigenvalue weighted by Crippen LogP contribution is -2.21. The standard InChI is InChI=1S/C13H9N3O2S2/c17-11(14-7-8-2-1-4-18-8)10-6-9-12(20-10)15-13-16(9)3-5-19-13/h1-6H,7H2,(H,14,17). The molecule has 0 radical (unpaired) electrons. The van der Waals surface area contributed by atoms with Gasteiger partial charge in [-0.05, 0) is 18.2 Å². The van der Waals surface area contributed by atoms with E-state index in [-0.39, 0.29) is 5.91 Å². The molecule has 0 unspecified atom stereocenters. The highest BCUT2D eigenvalue weighted by molar-refractivity contribution is 7.21. The summed E-state index contributed by atoms with van der Waals surface area (Å²) in [5.74, 6) is 0.634. The first kappa shape index (κ1) is 11.7. The van der Waals surface area contributed by atoms with Crippen molar-refractivity contribution in [3.63, 3.8) is 0 Å². The second-order valence-electron chi connectivity index (χ2n) is 4.23. The number of furan rings is 1. The molecule has 100 valence electrons. The molecule has 0 aliphatic heterocycles. The van der Waals surface area contributed by atoms with Crippen molar-refractivity contribution in [2.45, 2.75) is 6.54 Å². The summed E-state index contributed by atoms with van der Waals surface area (Å²) >= 11 is 2.99. The Balaban J connectivity index is 1.60. The summed E-state index contributed by atoms with van der Waals surface area (Å²) < 4.78 is 7.18. The molecule has 4 aromatic rings. The number of carbonyl (C=O) groups is 1. The van der Waals surface area contributed by atoms with Gasteiger partial charge in [0.15, 0.2) is 4.96 Å².